The van der Waals surface area contributed by atoms with E-state index in [2.05, 4.69) is 4.98 Å². The Balaban J connectivity index is 1.57. The Kier molecular flexibility index (Phi) is 5.14. The molecule has 0 radical (unpaired) electrons. The number of pyridine rings is 2. The van der Waals surface area contributed by atoms with E-state index < -0.39 is 11.2 Å². The first-order valence-electron chi connectivity index (χ1n) is 10.4. The number of nitrogens with zero attached hydrogens (tertiary/aromatic N) is 3. The summed E-state index contributed by atoms with van der Waals surface area (Å²) in [5, 5.41) is 0.351. The largest absolute Gasteiger partial charge is 0.475 e. The van der Waals surface area contributed by atoms with Gasteiger partial charge in [-0.3, -0.25) is 9.59 Å². The van der Waals surface area contributed by atoms with Crippen LogP contribution in [0.15, 0.2) is 41.5 Å². The third-order valence-electron chi connectivity index (χ3n) is 6.00. The number of ether oxygens (including phenoxy) is 1. The van der Waals surface area contributed by atoms with Gasteiger partial charge in [0.1, 0.15) is 12.4 Å². The van der Waals surface area contributed by atoms with Gasteiger partial charge in [0.2, 0.25) is 5.88 Å². The Hall–Kier alpha value is -2.93. The third-order valence-corrected chi connectivity index (χ3v) is 6.36. The predicted octanol–water partition coefficient (Wildman–Crippen LogP) is 4.38. The molecule has 1 aromatic carbocycles. The summed E-state index contributed by atoms with van der Waals surface area (Å²) in [4.78, 5) is 30.2. The van der Waals surface area contributed by atoms with Crippen molar-refractivity contribution in [2.24, 2.45) is 0 Å². The fourth-order valence-corrected chi connectivity index (χ4v) is 4.76. The van der Waals surface area contributed by atoms with Crippen molar-refractivity contribution in [1.29, 1.82) is 0 Å². The lowest BCUT2D eigenvalue weighted by Crippen LogP contribution is -2.35. The topological polar surface area (TPSA) is 64.4 Å². The smallest absolute Gasteiger partial charge is 0.213 e. The first-order valence-corrected chi connectivity index (χ1v) is 10.8. The van der Waals surface area contributed by atoms with Crippen molar-refractivity contribution in [3.8, 4) is 5.88 Å². The molecule has 0 bridgehead atoms. The Morgan fingerprint density at radius 1 is 1.29 bits per heavy atom. The molecule has 1 aliphatic heterocycles. The fraction of sp³-hybridized carbons (Fsp3) is 0.348. The van der Waals surface area contributed by atoms with Crippen molar-refractivity contribution < 1.29 is 13.9 Å². The number of carbonyl (C=O) groups is 1. The molecule has 6 nitrogen and oxygen atoms in total. The number of aromatic nitrogens is 2. The van der Waals surface area contributed by atoms with Crippen LogP contribution in [0.1, 0.15) is 42.1 Å². The predicted molar refractivity (Wildman–Crippen MR) is 117 cm³/mol. The first-order chi connectivity index (χ1) is 15.1. The summed E-state index contributed by atoms with van der Waals surface area (Å²) in [6.45, 7) is 0.989. The van der Waals surface area contributed by atoms with E-state index in [1.165, 1.54) is 6.07 Å². The van der Waals surface area contributed by atoms with Crippen LogP contribution >= 0.6 is 11.6 Å². The molecule has 1 saturated heterocycles. The van der Waals surface area contributed by atoms with E-state index in [1.807, 2.05) is 21.6 Å². The molecule has 1 aliphatic carbocycles. The molecule has 0 N–H and O–H groups in total. The van der Waals surface area contributed by atoms with Crippen LogP contribution in [-0.4, -0.2) is 35.0 Å². The standard InChI is InChI=1S/C23H21ClFN3O3/c24-20-21-17(23(30)14(12-29)11-28(21)15-6-7-15)10-18(25)22(20)27-9-3-4-16(27)13-31-19-5-1-2-8-26-19/h1-2,5,8,10-12,15-16H,3-4,6-7,9,13H2. The molecule has 2 aromatic heterocycles. The maximum absolute atomic E-state index is 15.3. The van der Waals surface area contributed by atoms with Gasteiger partial charge >= 0.3 is 0 Å². The van der Waals surface area contributed by atoms with Crippen LogP contribution in [0, 0.1) is 5.82 Å². The van der Waals surface area contributed by atoms with E-state index in [0.29, 0.717) is 30.8 Å². The second-order valence-electron chi connectivity index (χ2n) is 8.06. The summed E-state index contributed by atoms with van der Waals surface area (Å²) < 4.78 is 23.0. The van der Waals surface area contributed by atoms with Crippen LogP contribution in [0.3, 0.4) is 0 Å². The maximum atomic E-state index is 15.3. The number of rotatable bonds is 6. The quantitative estimate of drug-likeness (QED) is 0.531. The zero-order chi connectivity index (χ0) is 21.5. The number of aldehydes is 1. The third kappa shape index (κ3) is 3.57. The fourth-order valence-electron chi connectivity index (χ4n) is 4.36. The molecule has 1 unspecified atom stereocenters. The first kappa shape index (κ1) is 20.0. The summed E-state index contributed by atoms with van der Waals surface area (Å²) in [6.07, 6.45) is 7.31. The number of benzene rings is 1. The van der Waals surface area contributed by atoms with Gasteiger partial charge in [-0.2, -0.15) is 0 Å². The molecular weight excluding hydrogens is 421 g/mol. The lowest BCUT2D eigenvalue weighted by atomic mass is 10.1. The molecule has 1 saturated carbocycles. The monoisotopic (exact) mass is 441 g/mol. The van der Waals surface area contributed by atoms with Gasteiger partial charge in [0, 0.05) is 31.0 Å². The van der Waals surface area contributed by atoms with Crippen LogP contribution in [-0.2, 0) is 0 Å². The SMILES string of the molecule is O=Cc1cn(C2CC2)c2c(Cl)c(N3CCCC3COc3ccccn3)c(F)cc2c1=O. The van der Waals surface area contributed by atoms with Gasteiger partial charge in [0.05, 0.1) is 33.2 Å². The molecule has 2 fully saturated rings. The van der Waals surface area contributed by atoms with E-state index in [-0.39, 0.29) is 33.7 Å². The second kappa shape index (κ2) is 7.96. The van der Waals surface area contributed by atoms with Gasteiger partial charge in [0.25, 0.3) is 0 Å². The minimum absolute atomic E-state index is 0.0189. The maximum Gasteiger partial charge on any atom is 0.213 e. The summed E-state index contributed by atoms with van der Waals surface area (Å²) in [5.41, 5.74) is 0.303. The van der Waals surface area contributed by atoms with Gasteiger partial charge in [-0.15, -0.1) is 0 Å². The average molecular weight is 442 g/mol. The molecule has 1 atom stereocenters. The highest BCUT2D eigenvalue weighted by atomic mass is 35.5. The van der Waals surface area contributed by atoms with E-state index in [0.717, 1.165) is 25.7 Å². The van der Waals surface area contributed by atoms with Crippen LogP contribution in [0.25, 0.3) is 10.9 Å². The highest BCUT2D eigenvalue weighted by molar-refractivity contribution is 6.38. The van der Waals surface area contributed by atoms with Crippen molar-refractivity contribution in [3.05, 3.63) is 63.3 Å². The van der Waals surface area contributed by atoms with Gasteiger partial charge in [-0.1, -0.05) is 17.7 Å². The van der Waals surface area contributed by atoms with E-state index in [4.69, 9.17) is 16.3 Å². The number of halogens is 2. The van der Waals surface area contributed by atoms with Gasteiger partial charge < -0.3 is 14.2 Å². The second-order valence-corrected chi connectivity index (χ2v) is 8.43. The molecule has 31 heavy (non-hydrogen) atoms. The molecule has 3 heterocycles. The lowest BCUT2D eigenvalue weighted by Gasteiger charge is -2.29. The van der Waals surface area contributed by atoms with Gasteiger partial charge in [-0.25, -0.2) is 9.37 Å². The molecule has 3 aromatic rings. The number of hydrogen-bond acceptors (Lipinski definition) is 5. The van der Waals surface area contributed by atoms with Crippen LogP contribution < -0.4 is 15.1 Å². The highest BCUT2D eigenvalue weighted by Crippen LogP contribution is 2.43. The van der Waals surface area contributed by atoms with Crippen LogP contribution in [0.5, 0.6) is 5.88 Å². The van der Waals surface area contributed by atoms with Crippen molar-refractivity contribution in [1.82, 2.24) is 9.55 Å². The Morgan fingerprint density at radius 2 is 2.13 bits per heavy atom. The molecule has 8 heteroatoms. The van der Waals surface area contributed by atoms with E-state index in [1.54, 1.807) is 18.5 Å². The normalized spacial score (nSPS) is 18.5. The van der Waals surface area contributed by atoms with Crippen molar-refractivity contribution >= 4 is 34.5 Å². The molecule has 2 aliphatic rings. The van der Waals surface area contributed by atoms with Crippen LogP contribution in [0.4, 0.5) is 10.1 Å². The molecule has 5 rings (SSSR count). The Morgan fingerprint density at radius 3 is 2.84 bits per heavy atom. The van der Waals surface area contributed by atoms with Crippen molar-refractivity contribution in [3.63, 3.8) is 0 Å². The highest BCUT2D eigenvalue weighted by Gasteiger charge is 2.33. The average Bonchev–Trinajstić information content (AvgIpc) is 3.52. The lowest BCUT2D eigenvalue weighted by molar-refractivity contribution is 0.112. The molecule has 160 valence electrons. The number of hydrogen-bond donors (Lipinski definition) is 0. The summed E-state index contributed by atoms with van der Waals surface area (Å²) in [5.74, 6) is -0.0480. The van der Waals surface area contributed by atoms with Crippen molar-refractivity contribution in [2.45, 2.75) is 37.8 Å². The zero-order valence-corrected chi connectivity index (χ0v) is 17.5. The summed E-state index contributed by atoms with van der Waals surface area (Å²) >= 11 is 6.77. The number of fused-ring (bicyclic) bond motifs is 1. The Labute approximate surface area is 183 Å². The number of carbonyl (C=O) groups excluding carboxylic acids is 1. The van der Waals surface area contributed by atoms with Crippen molar-refractivity contribution in [2.75, 3.05) is 18.1 Å². The molecule has 0 spiro atoms. The van der Waals surface area contributed by atoms with E-state index in [9.17, 15) is 9.59 Å². The molecular formula is C23H21ClFN3O3. The minimum Gasteiger partial charge on any atom is -0.475 e. The summed E-state index contributed by atoms with van der Waals surface area (Å²) in [6, 6.07) is 6.76. The zero-order valence-electron chi connectivity index (χ0n) is 16.8. The minimum atomic E-state index is -0.565. The molecule has 0 amide bonds. The van der Waals surface area contributed by atoms with Gasteiger partial charge in [0.15, 0.2) is 11.7 Å². The van der Waals surface area contributed by atoms with Gasteiger partial charge in [-0.05, 0) is 37.8 Å². The summed E-state index contributed by atoms with van der Waals surface area (Å²) in [7, 11) is 0. The van der Waals surface area contributed by atoms with Crippen LogP contribution in [0.2, 0.25) is 5.02 Å². The van der Waals surface area contributed by atoms with E-state index >= 15 is 4.39 Å². The Bertz CT molecular complexity index is 1210. The number of anilines is 1.